The van der Waals surface area contributed by atoms with Crippen LogP contribution in [0.1, 0.15) is 5.56 Å². The average molecular weight is 336 g/mol. The van der Waals surface area contributed by atoms with E-state index >= 15 is 0 Å². The van der Waals surface area contributed by atoms with Gasteiger partial charge in [0.05, 0.1) is 6.61 Å². The summed E-state index contributed by atoms with van der Waals surface area (Å²) in [4.78, 5) is 2.23. The van der Waals surface area contributed by atoms with E-state index < -0.39 is 0 Å². The second-order valence-electron chi connectivity index (χ2n) is 5.96. The molecule has 0 aliphatic heterocycles. The minimum absolute atomic E-state index is 0.655. The highest BCUT2D eigenvalue weighted by atomic mass is 16.5. The summed E-state index contributed by atoms with van der Waals surface area (Å²) in [6.45, 7) is 2.31. The Hall–Kier alpha value is -2.66. The molecule has 0 spiro atoms. The van der Waals surface area contributed by atoms with Crippen LogP contribution in [0.4, 0.5) is 5.95 Å². The minimum atomic E-state index is 0.655. The zero-order chi connectivity index (χ0) is 17.5. The van der Waals surface area contributed by atoms with E-state index in [9.17, 15) is 0 Å². The fourth-order valence-electron chi connectivity index (χ4n) is 2.86. The van der Waals surface area contributed by atoms with Gasteiger partial charge >= 0.3 is 0 Å². The van der Waals surface area contributed by atoms with Gasteiger partial charge in [0.15, 0.2) is 5.82 Å². The molecule has 1 heterocycles. The lowest BCUT2D eigenvalue weighted by Gasteiger charge is -2.23. The van der Waals surface area contributed by atoms with Crippen molar-refractivity contribution in [3.05, 3.63) is 66.2 Å². The highest BCUT2D eigenvalue weighted by Crippen LogP contribution is 2.21. The first kappa shape index (κ1) is 17.2. The fourth-order valence-corrected chi connectivity index (χ4v) is 2.86. The predicted molar refractivity (Wildman–Crippen MR) is 101 cm³/mol. The van der Waals surface area contributed by atoms with Crippen LogP contribution in [-0.2, 0) is 18.2 Å². The van der Waals surface area contributed by atoms with Crippen LogP contribution in [0.2, 0.25) is 0 Å². The maximum absolute atomic E-state index is 5.28. The number of aromatic nitrogens is 3. The lowest BCUT2D eigenvalue weighted by Crippen LogP contribution is -2.31. The van der Waals surface area contributed by atoms with Crippen molar-refractivity contribution in [3.8, 4) is 11.4 Å². The molecule has 0 N–H and O–H groups in total. The standard InChI is InChI=1S/C20H24N4O/c1-23-19(18-11-7-4-8-12-18)21-22-20(23)24(15-16-25-2)14-13-17-9-5-3-6-10-17/h3-12H,13-16H2,1-2H3. The Labute approximate surface area is 148 Å². The first-order valence-corrected chi connectivity index (χ1v) is 8.52. The number of ether oxygens (including phenoxy) is 1. The van der Waals surface area contributed by atoms with Gasteiger partial charge < -0.3 is 9.64 Å². The predicted octanol–water partition coefficient (Wildman–Crippen LogP) is 3.18. The van der Waals surface area contributed by atoms with E-state index in [1.165, 1.54) is 5.56 Å². The summed E-state index contributed by atoms with van der Waals surface area (Å²) in [5.41, 5.74) is 2.38. The van der Waals surface area contributed by atoms with Crippen molar-refractivity contribution in [2.24, 2.45) is 7.05 Å². The first-order chi connectivity index (χ1) is 12.3. The van der Waals surface area contributed by atoms with E-state index in [1.54, 1.807) is 7.11 Å². The molecule has 0 saturated heterocycles. The Morgan fingerprint density at radius 2 is 1.60 bits per heavy atom. The zero-order valence-electron chi connectivity index (χ0n) is 14.8. The molecule has 0 radical (unpaired) electrons. The van der Waals surface area contributed by atoms with Crippen LogP contribution >= 0.6 is 0 Å². The van der Waals surface area contributed by atoms with Gasteiger partial charge in [0, 0.05) is 32.8 Å². The summed E-state index contributed by atoms with van der Waals surface area (Å²) in [7, 11) is 3.74. The number of benzene rings is 2. The van der Waals surface area contributed by atoms with Gasteiger partial charge in [0.2, 0.25) is 5.95 Å². The van der Waals surface area contributed by atoms with Crippen LogP contribution in [0, 0.1) is 0 Å². The molecular formula is C20H24N4O. The molecule has 25 heavy (non-hydrogen) atoms. The molecule has 3 rings (SSSR count). The SMILES string of the molecule is COCCN(CCc1ccccc1)c1nnc(-c2ccccc2)n1C. The van der Waals surface area contributed by atoms with E-state index in [4.69, 9.17) is 4.74 Å². The largest absolute Gasteiger partial charge is 0.383 e. The van der Waals surface area contributed by atoms with Crippen molar-refractivity contribution >= 4 is 5.95 Å². The highest BCUT2D eigenvalue weighted by Gasteiger charge is 2.16. The third-order valence-electron chi connectivity index (χ3n) is 4.25. The summed E-state index contributed by atoms with van der Waals surface area (Å²) >= 11 is 0. The molecule has 5 heteroatoms. The van der Waals surface area contributed by atoms with Crippen molar-refractivity contribution in [2.75, 3.05) is 31.7 Å². The maximum Gasteiger partial charge on any atom is 0.227 e. The summed E-state index contributed by atoms with van der Waals surface area (Å²) < 4.78 is 7.33. The van der Waals surface area contributed by atoms with Crippen LogP contribution < -0.4 is 4.90 Å². The van der Waals surface area contributed by atoms with Gasteiger partial charge in [-0.15, -0.1) is 10.2 Å². The minimum Gasteiger partial charge on any atom is -0.383 e. The molecule has 0 atom stereocenters. The van der Waals surface area contributed by atoms with Gasteiger partial charge in [-0.05, 0) is 12.0 Å². The van der Waals surface area contributed by atoms with Gasteiger partial charge in [0.25, 0.3) is 0 Å². The molecule has 1 aromatic heterocycles. The van der Waals surface area contributed by atoms with Crippen molar-refractivity contribution < 1.29 is 4.74 Å². The molecule has 0 amide bonds. The smallest absolute Gasteiger partial charge is 0.227 e. The molecule has 2 aromatic carbocycles. The maximum atomic E-state index is 5.28. The summed E-state index contributed by atoms with van der Waals surface area (Å²) in [5, 5.41) is 8.84. The molecule has 5 nitrogen and oxygen atoms in total. The summed E-state index contributed by atoms with van der Waals surface area (Å²) in [6.07, 6.45) is 0.956. The second-order valence-corrected chi connectivity index (χ2v) is 5.96. The summed E-state index contributed by atoms with van der Waals surface area (Å²) in [6, 6.07) is 20.6. The monoisotopic (exact) mass is 336 g/mol. The Kier molecular flexibility index (Phi) is 5.80. The van der Waals surface area contributed by atoms with Crippen LogP contribution in [0.5, 0.6) is 0 Å². The van der Waals surface area contributed by atoms with Gasteiger partial charge in [-0.2, -0.15) is 0 Å². The highest BCUT2D eigenvalue weighted by molar-refractivity contribution is 5.57. The molecule has 3 aromatic rings. The number of rotatable bonds is 8. The average Bonchev–Trinajstić information content (AvgIpc) is 3.05. The van der Waals surface area contributed by atoms with E-state index in [2.05, 4.69) is 56.1 Å². The number of hydrogen-bond donors (Lipinski definition) is 0. The molecule has 0 aliphatic carbocycles. The molecule has 0 saturated carbocycles. The first-order valence-electron chi connectivity index (χ1n) is 8.52. The van der Waals surface area contributed by atoms with Gasteiger partial charge in [-0.1, -0.05) is 60.7 Å². The van der Waals surface area contributed by atoms with Gasteiger partial charge in [0.1, 0.15) is 0 Å². The van der Waals surface area contributed by atoms with Gasteiger partial charge in [-0.3, -0.25) is 4.57 Å². The number of nitrogens with zero attached hydrogens (tertiary/aromatic N) is 4. The van der Waals surface area contributed by atoms with E-state index in [0.717, 1.165) is 36.8 Å². The number of anilines is 1. The van der Waals surface area contributed by atoms with E-state index in [1.807, 2.05) is 31.3 Å². The van der Waals surface area contributed by atoms with Crippen molar-refractivity contribution in [1.82, 2.24) is 14.8 Å². The topological polar surface area (TPSA) is 43.2 Å². The Morgan fingerprint density at radius 1 is 0.920 bits per heavy atom. The van der Waals surface area contributed by atoms with E-state index in [0.29, 0.717) is 6.61 Å². The normalized spacial score (nSPS) is 10.8. The van der Waals surface area contributed by atoms with Crippen LogP contribution in [0.15, 0.2) is 60.7 Å². The summed E-state index contributed by atoms with van der Waals surface area (Å²) in [5.74, 6) is 1.74. The van der Waals surface area contributed by atoms with Crippen LogP contribution in [-0.4, -0.2) is 41.6 Å². The Balaban J connectivity index is 1.80. The second kappa shape index (κ2) is 8.44. The quantitative estimate of drug-likeness (QED) is 0.634. The Bertz CT molecular complexity index is 771. The fraction of sp³-hybridized carbons (Fsp3) is 0.300. The third-order valence-corrected chi connectivity index (χ3v) is 4.25. The molecule has 0 fully saturated rings. The molecular weight excluding hydrogens is 312 g/mol. The molecule has 0 unspecified atom stereocenters. The van der Waals surface area contributed by atoms with Crippen molar-refractivity contribution in [1.29, 1.82) is 0 Å². The van der Waals surface area contributed by atoms with E-state index in [-0.39, 0.29) is 0 Å². The zero-order valence-corrected chi connectivity index (χ0v) is 14.8. The van der Waals surface area contributed by atoms with Crippen molar-refractivity contribution in [2.45, 2.75) is 6.42 Å². The van der Waals surface area contributed by atoms with Crippen LogP contribution in [0.25, 0.3) is 11.4 Å². The third kappa shape index (κ3) is 4.25. The molecule has 0 bridgehead atoms. The Morgan fingerprint density at radius 3 is 2.28 bits per heavy atom. The molecule has 0 aliphatic rings. The lowest BCUT2D eigenvalue weighted by atomic mass is 10.1. The molecule has 130 valence electrons. The van der Waals surface area contributed by atoms with Gasteiger partial charge in [-0.25, -0.2) is 0 Å². The lowest BCUT2D eigenvalue weighted by molar-refractivity contribution is 0.205. The number of methoxy groups -OCH3 is 1. The van der Waals surface area contributed by atoms with Crippen molar-refractivity contribution in [3.63, 3.8) is 0 Å². The van der Waals surface area contributed by atoms with Crippen LogP contribution in [0.3, 0.4) is 0 Å². The number of hydrogen-bond acceptors (Lipinski definition) is 4.